The van der Waals surface area contributed by atoms with Crippen molar-refractivity contribution < 1.29 is 14.6 Å². The maximum absolute atomic E-state index is 12.7. The first kappa shape index (κ1) is 24.1. The summed E-state index contributed by atoms with van der Waals surface area (Å²) in [7, 11) is 1.64. The van der Waals surface area contributed by atoms with Crippen LogP contribution < -0.4 is 4.74 Å². The molecule has 2 saturated heterocycles. The number of aliphatic hydroxyl groups excluding tert-OH is 1. The molecule has 0 saturated carbocycles. The molecule has 1 atom stereocenters. The molecule has 5 nitrogen and oxygen atoms in total. The molecule has 5 heteroatoms. The molecular weight excluding hydrogens is 436 g/mol. The molecule has 0 bridgehead atoms. The van der Waals surface area contributed by atoms with E-state index in [2.05, 4.69) is 29.2 Å². The van der Waals surface area contributed by atoms with E-state index < -0.39 is 0 Å². The fraction of sp³-hybridized carbons (Fsp3) is 0.500. The Bertz CT molecular complexity index is 1050. The first-order valence-corrected chi connectivity index (χ1v) is 13.2. The molecule has 35 heavy (non-hydrogen) atoms. The van der Waals surface area contributed by atoms with Crippen LogP contribution in [0.4, 0.5) is 0 Å². The van der Waals surface area contributed by atoms with E-state index in [4.69, 9.17) is 4.74 Å². The SMILES string of the molecule is COc1cccc(C=CC(=O)N2CCC(C(O)CN3CCC4(CCc5ccccc54)CC3)CC2)c1. The van der Waals surface area contributed by atoms with E-state index >= 15 is 0 Å². The van der Waals surface area contributed by atoms with Gasteiger partial charge in [0.15, 0.2) is 0 Å². The van der Waals surface area contributed by atoms with Crippen LogP contribution >= 0.6 is 0 Å². The zero-order valence-electron chi connectivity index (χ0n) is 20.9. The lowest BCUT2D eigenvalue weighted by Gasteiger charge is -2.42. The monoisotopic (exact) mass is 474 g/mol. The second-order valence-electron chi connectivity index (χ2n) is 10.6. The molecule has 1 spiro atoms. The Hall–Kier alpha value is -2.63. The number of hydrogen-bond acceptors (Lipinski definition) is 4. The summed E-state index contributed by atoms with van der Waals surface area (Å²) in [6.45, 7) is 4.31. The third-order valence-corrected chi connectivity index (χ3v) is 8.63. The highest BCUT2D eigenvalue weighted by Crippen LogP contribution is 2.46. The summed E-state index contributed by atoms with van der Waals surface area (Å²) in [6.07, 6.45) is 9.80. The summed E-state index contributed by atoms with van der Waals surface area (Å²) in [4.78, 5) is 17.0. The Morgan fingerprint density at radius 1 is 1.09 bits per heavy atom. The maximum Gasteiger partial charge on any atom is 0.246 e. The van der Waals surface area contributed by atoms with E-state index in [1.165, 1.54) is 25.7 Å². The van der Waals surface area contributed by atoms with E-state index in [0.29, 0.717) is 18.5 Å². The molecule has 1 aliphatic carbocycles. The number of amides is 1. The van der Waals surface area contributed by atoms with E-state index in [1.54, 1.807) is 24.3 Å². The highest BCUT2D eigenvalue weighted by Gasteiger charge is 2.41. The van der Waals surface area contributed by atoms with Gasteiger partial charge < -0.3 is 19.6 Å². The van der Waals surface area contributed by atoms with Crippen LogP contribution in [0.1, 0.15) is 48.8 Å². The minimum absolute atomic E-state index is 0.0407. The van der Waals surface area contributed by atoms with E-state index in [1.807, 2.05) is 35.2 Å². The predicted octanol–water partition coefficient (Wildman–Crippen LogP) is 4.29. The Labute approximate surface area is 209 Å². The molecule has 2 aromatic rings. The number of hydrogen-bond donors (Lipinski definition) is 1. The molecule has 1 N–H and O–H groups in total. The lowest BCUT2D eigenvalue weighted by Crippen LogP contribution is -2.47. The van der Waals surface area contributed by atoms with Gasteiger partial charge in [0, 0.05) is 25.7 Å². The van der Waals surface area contributed by atoms with Gasteiger partial charge >= 0.3 is 0 Å². The van der Waals surface area contributed by atoms with Crippen molar-refractivity contribution in [3.05, 3.63) is 71.3 Å². The van der Waals surface area contributed by atoms with Gasteiger partial charge in [-0.1, -0.05) is 36.4 Å². The molecule has 1 amide bonds. The highest BCUT2D eigenvalue weighted by atomic mass is 16.5. The van der Waals surface area contributed by atoms with Crippen LogP contribution in [0.5, 0.6) is 5.75 Å². The molecule has 0 radical (unpaired) electrons. The number of aryl methyl sites for hydroxylation is 1. The third-order valence-electron chi connectivity index (χ3n) is 8.63. The van der Waals surface area contributed by atoms with Crippen molar-refractivity contribution in [2.45, 2.75) is 50.0 Å². The van der Waals surface area contributed by atoms with Crippen molar-refractivity contribution in [1.82, 2.24) is 9.80 Å². The molecule has 2 heterocycles. The predicted molar refractivity (Wildman–Crippen MR) is 139 cm³/mol. The van der Waals surface area contributed by atoms with Gasteiger partial charge in [0.05, 0.1) is 13.2 Å². The van der Waals surface area contributed by atoms with E-state index in [9.17, 15) is 9.90 Å². The van der Waals surface area contributed by atoms with Crippen LogP contribution in [0.25, 0.3) is 6.08 Å². The van der Waals surface area contributed by atoms with E-state index in [-0.39, 0.29) is 17.9 Å². The van der Waals surface area contributed by atoms with Crippen LogP contribution in [0, 0.1) is 5.92 Å². The molecular formula is C30H38N2O3. The van der Waals surface area contributed by atoms with Crippen molar-refractivity contribution >= 4 is 12.0 Å². The van der Waals surface area contributed by atoms with Gasteiger partial charge in [0.2, 0.25) is 5.91 Å². The summed E-state index contributed by atoms with van der Waals surface area (Å²) >= 11 is 0. The fourth-order valence-electron chi connectivity index (χ4n) is 6.38. The molecule has 0 aromatic heterocycles. The molecule has 3 aliphatic rings. The Morgan fingerprint density at radius 2 is 1.86 bits per heavy atom. The number of nitrogens with zero attached hydrogens (tertiary/aromatic N) is 2. The standard InChI is InChI=1S/C30H38N2O3/c1-35-26-7-4-5-23(21-26)9-10-29(34)32-17-12-25(13-18-32)28(33)22-31-19-15-30(16-20-31)14-11-24-6-2-3-8-27(24)30/h2-10,21,25,28,33H,11-20,22H2,1H3. The quantitative estimate of drug-likeness (QED) is 0.635. The number of likely N-dealkylation sites (tertiary alicyclic amines) is 2. The van der Waals surface area contributed by atoms with Crippen LogP contribution in [0.15, 0.2) is 54.6 Å². The normalized spacial score (nSPS) is 21.4. The van der Waals surface area contributed by atoms with Gasteiger partial charge in [0.25, 0.3) is 0 Å². The van der Waals surface area contributed by atoms with Gasteiger partial charge in [-0.15, -0.1) is 0 Å². The largest absolute Gasteiger partial charge is 0.497 e. The zero-order valence-corrected chi connectivity index (χ0v) is 20.9. The van der Waals surface area contributed by atoms with Crippen molar-refractivity contribution in [2.24, 2.45) is 5.92 Å². The van der Waals surface area contributed by atoms with Crippen molar-refractivity contribution in [3.63, 3.8) is 0 Å². The summed E-state index contributed by atoms with van der Waals surface area (Å²) in [6, 6.07) is 16.7. The average molecular weight is 475 g/mol. The van der Waals surface area contributed by atoms with Gasteiger partial charge in [-0.3, -0.25) is 4.79 Å². The van der Waals surface area contributed by atoms with Crippen molar-refractivity contribution in [2.75, 3.05) is 39.8 Å². The Balaban J connectivity index is 1.07. The number of benzene rings is 2. The number of fused-ring (bicyclic) bond motifs is 2. The van der Waals surface area contributed by atoms with Gasteiger partial charge in [0.1, 0.15) is 5.75 Å². The number of carbonyl (C=O) groups excluding carboxylic acids is 1. The Kier molecular flexibility index (Phi) is 7.26. The van der Waals surface area contributed by atoms with Crippen molar-refractivity contribution in [1.29, 1.82) is 0 Å². The summed E-state index contributed by atoms with van der Waals surface area (Å²) in [5, 5.41) is 11.0. The van der Waals surface area contributed by atoms with Crippen LogP contribution in [-0.4, -0.2) is 66.8 Å². The van der Waals surface area contributed by atoms with Crippen LogP contribution in [0.2, 0.25) is 0 Å². The summed E-state index contributed by atoms with van der Waals surface area (Å²) in [5.74, 6) is 1.09. The van der Waals surface area contributed by atoms with Crippen LogP contribution in [0.3, 0.4) is 0 Å². The minimum Gasteiger partial charge on any atom is -0.497 e. The topological polar surface area (TPSA) is 53.0 Å². The van der Waals surface area contributed by atoms with Gasteiger partial charge in [-0.05, 0) is 97.8 Å². The average Bonchev–Trinajstić information content (AvgIpc) is 3.27. The number of rotatable bonds is 6. The number of aliphatic hydroxyl groups is 1. The fourth-order valence-corrected chi connectivity index (χ4v) is 6.38. The molecule has 5 rings (SSSR count). The Morgan fingerprint density at radius 3 is 2.63 bits per heavy atom. The van der Waals surface area contributed by atoms with Crippen LogP contribution in [-0.2, 0) is 16.6 Å². The zero-order chi connectivity index (χ0) is 24.3. The number of piperidine rings is 2. The molecule has 2 fully saturated rings. The number of methoxy groups -OCH3 is 1. The lowest BCUT2D eigenvalue weighted by molar-refractivity contribution is -0.128. The smallest absolute Gasteiger partial charge is 0.246 e. The second kappa shape index (κ2) is 10.5. The molecule has 2 aliphatic heterocycles. The number of β-amino-alcohol motifs (C(OH)–C–C–N with tert-alkyl or cyclic N) is 1. The summed E-state index contributed by atoms with van der Waals surface area (Å²) in [5.41, 5.74) is 4.44. The summed E-state index contributed by atoms with van der Waals surface area (Å²) < 4.78 is 5.25. The minimum atomic E-state index is -0.315. The molecule has 1 unspecified atom stereocenters. The third kappa shape index (κ3) is 5.31. The second-order valence-corrected chi connectivity index (χ2v) is 10.6. The number of ether oxygens (including phenoxy) is 1. The number of carbonyl (C=O) groups is 1. The van der Waals surface area contributed by atoms with Gasteiger partial charge in [-0.25, -0.2) is 0 Å². The first-order valence-electron chi connectivity index (χ1n) is 13.2. The van der Waals surface area contributed by atoms with Gasteiger partial charge in [-0.2, -0.15) is 0 Å². The lowest BCUT2D eigenvalue weighted by atomic mass is 9.73. The maximum atomic E-state index is 12.7. The van der Waals surface area contributed by atoms with E-state index in [0.717, 1.165) is 43.8 Å². The van der Waals surface area contributed by atoms with Crippen molar-refractivity contribution in [3.8, 4) is 5.75 Å². The first-order chi connectivity index (χ1) is 17.1. The highest BCUT2D eigenvalue weighted by molar-refractivity contribution is 5.91. The molecule has 2 aromatic carbocycles. The molecule has 186 valence electrons.